The van der Waals surface area contributed by atoms with E-state index in [1.165, 1.54) is 12.1 Å². The summed E-state index contributed by atoms with van der Waals surface area (Å²) in [6, 6.07) is 6.75. The van der Waals surface area contributed by atoms with Crippen LogP contribution in [0.4, 0.5) is 4.39 Å². The van der Waals surface area contributed by atoms with E-state index >= 15 is 0 Å². The van der Waals surface area contributed by atoms with Gasteiger partial charge in [-0.25, -0.2) is 4.39 Å². The highest BCUT2D eigenvalue weighted by molar-refractivity contribution is 5.53. The van der Waals surface area contributed by atoms with Crippen LogP contribution in [-0.4, -0.2) is 23.2 Å². The normalized spacial score (nSPS) is 22.9. The summed E-state index contributed by atoms with van der Waals surface area (Å²) in [5.41, 5.74) is 0.783. The summed E-state index contributed by atoms with van der Waals surface area (Å²) in [5, 5.41) is 7.32. The lowest BCUT2D eigenvalue weighted by Gasteiger charge is -2.25. The summed E-state index contributed by atoms with van der Waals surface area (Å²) in [7, 11) is 2.00. The fourth-order valence-electron chi connectivity index (χ4n) is 2.75. The average Bonchev–Trinajstić information content (AvgIpc) is 2.98. The van der Waals surface area contributed by atoms with E-state index in [0.29, 0.717) is 23.7 Å². The van der Waals surface area contributed by atoms with Gasteiger partial charge in [0.05, 0.1) is 0 Å². The van der Waals surface area contributed by atoms with Gasteiger partial charge in [-0.05, 0) is 57.0 Å². The van der Waals surface area contributed by atoms with Crippen molar-refractivity contribution >= 4 is 0 Å². The first kappa shape index (κ1) is 13.2. The minimum atomic E-state index is -0.261. The molecule has 1 aromatic heterocycles. The van der Waals surface area contributed by atoms with E-state index in [-0.39, 0.29) is 5.82 Å². The summed E-state index contributed by atoms with van der Waals surface area (Å²) in [5.74, 6) is 1.33. The van der Waals surface area contributed by atoms with Gasteiger partial charge in [-0.2, -0.15) is 4.98 Å². The third-order valence-electron chi connectivity index (χ3n) is 4.03. The first-order valence-corrected chi connectivity index (χ1v) is 7.03. The Morgan fingerprint density at radius 2 is 1.85 bits per heavy atom. The molecule has 1 fully saturated rings. The third-order valence-corrected chi connectivity index (χ3v) is 4.03. The van der Waals surface area contributed by atoms with E-state index in [4.69, 9.17) is 4.52 Å². The van der Waals surface area contributed by atoms with E-state index in [2.05, 4.69) is 15.5 Å². The van der Waals surface area contributed by atoms with Crippen LogP contribution in [0.25, 0.3) is 11.4 Å². The number of halogens is 1. The SMILES string of the molecule is CNC1CCC(c2nc(-c3ccc(F)cc3)no2)CC1. The Kier molecular flexibility index (Phi) is 3.78. The van der Waals surface area contributed by atoms with Crippen molar-refractivity contribution in [2.75, 3.05) is 7.05 Å². The van der Waals surface area contributed by atoms with Crippen molar-refractivity contribution in [3.63, 3.8) is 0 Å². The molecule has 0 aliphatic heterocycles. The second-order valence-corrected chi connectivity index (χ2v) is 5.30. The molecule has 1 aliphatic rings. The van der Waals surface area contributed by atoms with Crippen molar-refractivity contribution in [1.82, 2.24) is 15.5 Å². The predicted molar refractivity (Wildman–Crippen MR) is 73.7 cm³/mol. The van der Waals surface area contributed by atoms with Crippen LogP contribution in [0.3, 0.4) is 0 Å². The zero-order valence-electron chi connectivity index (χ0n) is 11.5. The van der Waals surface area contributed by atoms with Crippen LogP contribution in [0.15, 0.2) is 28.8 Å². The minimum absolute atomic E-state index is 0.261. The monoisotopic (exact) mass is 275 g/mol. The Labute approximate surface area is 117 Å². The van der Waals surface area contributed by atoms with Crippen molar-refractivity contribution in [1.29, 1.82) is 0 Å². The van der Waals surface area contributed by atoms with Crippen molar-refractivity contribution in [3.05, 3.63) is 36.0 Å². The molecule has 3 rings (SSSR count). The summed E-state index contributed by atoms with van der Waals surface area (Å²) in [6.45, 7) is 0. The van der Waals surface area contributed by atoms with Crippen LogP contribution in [0.5, 0.6) is 0 Å². The number of nitrogens with zero attached hydrogens (tertiary/aromatic N) is 2. The Bertz CT molecular complexity index is 559. The molecule has 20 heavy (non-hydrogen) atoms. The maximum absolute atomic E-state index is 12.9. The molecule has 1 heterocycles. The Morgan fingerprint density at radius 1 is 1.15 bits per heavy atom. The molecule has 2 aromatic rings. The van der Waals surface area contributed by atoms with Gasteiger partial charge in [0.15, 0.2) is 0 Å². The van der Waals surface area contributed by atoms with Gasteiger partial charge < -0.3 is 9.84 Å². The topological polar surface area (TPSA) is 51.0 Å². The van der Waals surface area contributed by atoms with Crippen molar-refractivity contribution in [3.8, 4) is 11.4 Å². The van der Waals surface area contributed by atoms with Crippen molar-refractivity contribution < 1.29 is 8.91 Å². The molecule has 1 aromatic carbocycles. The quantitative estimate of drug-likeness (QED) is 0.935. The van der Waals surface area contributed by atoms with E-state index in [1.807, 2.05) is 7.05 Å². The van der Waals surface area contributed by atoms with Gasteiger partial charge in [0, 0.05) is 17.5 Å². The second-order valence-electron chi connectivity index (χ2n) is 5.30. The van der Waals surface area contributed by atoms with Crippen LogP contribution in [0.1, 0.15) is 37.5 Å². The van der Waals surface area contributed by atoms with E-state index in [0.717, 1.165) is 31.2 Å². The van der Waals surface area contributed by atoms with Crippen LogP contribution in [0, 0.1) is 5.82 Å². The molecule has 0 spiro atoms. The summed E-state index contributed by atoms with van der Waals surface area (Å²) in [6.07, 6.45) is 4.40. The highest BCUT2D eigenvalue weighted by Gasteiger charge is 2.25. The first-order valence-electron chi connectivity index (χ1n) is 7.03. The predicted octanol–water partition coefficient (Wildman–Crippen LogP) is 3.12. The van der Waals surface area contributed by atoms with Crippen molar-refractivity contribution in [2.45, 2.75) is 37.6 Å². The van der Waals surface area contributed by atoms with E-state index in [9.17, 15) is 4.39 Å². The molecule has 0 amide bonds. The number of benzene rings is 1. The average molecular weight is 275 g/mol. The Hall–Kier alpha value is -1.75. The minimum Gasteiger partial charge on any atom is -0.339 e. The molecule has 0 unspecified atom stereocenters. The molecule has 1 aliphatic carbocycles. The fraction of sp³-hybridized carbons (Fsp3) is 0.467. The molecule has 0 radical (unpaired) electrons. The number of hydrogen-bond donors (Lipinski definition) is 1. The van der Waals surface area contributed by atoms with Crippen LogP contribution < -0.4 is 5.32 Å². The zero-order chi connectivity index (χ0) is 13.9. The molecule has 4 nitrogen and oxygen atoms in total. The van der Waals surface area contributed by atoms with Gasteiger partial charge in [-0.3, -0.25) is 0 Å². The smallest absolute Gasteiger partial charge is 0.230 e. The van der Waals surface area contributed by atoms with Gasteiger partial charge in [0.25, 0.3) is 0 Å². The Morgan fingerprint density at radius 3 is 2.50 bits per heavy atom. The van der Waals surface area contributed by atoms with Gasteiger partial charge in [-0.1, -0.05) is 5.16 Å². The maximum Gasteiger partial charge on any atom is 0.230 e. The Balaban J connectivity index is 1.72. The first-order chi connectivity index (χ1) is 9.76. The lowest BCUT2D eigenvalue weighted by atomic mass is 9.86. The lowest BCUT2D eigenvalue weighted by molar-refractivity contribution is 0.289. The molecular weight excluding hydrogens is 257 g/mol. The molecule has 1 N–H and O–H groups in total. The highest BCUT2D eigenvalue weighted by atomic mass is 19.1. The number of rotatable bonds is 3. The molecule has 1 saturated carbocycles. The van der Waals surface area contributed by atoms with E-state index < -0.39 is 0 Å². The zero-order valence-corrected chi connectivity index (χ0v) is 11.5. The summed E-state index contributed by atoms with van der Waals surface area (Å²) in [4.78, 5) is 4.46. The van der Waals surface area contributed by atoms with E-state index in [1.54, 1.807) is 12.1 Å². The largest absolute Gasteiger partial charge is 0.339 e. The fourth-order valence-corrected chi connectivity index (χ4v) is 2.75. The maximum atomic E-state index is 12.9. The molecular formula is C15H18FN3O. The van der Waals surface area contributed by atoms with Crippen LogP contribution in [0.2, 0.25) is 0 Å². The van der Waals surface area contributed by atoms with Crippen LogP contribution >= 0.6 is 0 Å². The molecule has 0 atom stereocenters. The molecule has 106 valence electrons. The number of hydrogen-bond acceptors (Lipinski definition) is 4. The molecule has 0 bridgehead atoms. The standard InChI is InChI=1S/C15H18FN3O/c1-17-13-8-4-11(5-9-13)15-18-14(19-20-15)10-2-6-12(16)7-3-10/h2-3,6-7,11,13,17H,4-5,8-9H2,1H3. The van der Waals surface area contributed by atoms with Gasteiger partial charge in [0.1, 0.15) is 5.82 Å². The second kappa shape index (κ2) is 5.71. The van der Waals surface area contributed by atoms with Crippen molar-refractivity contribution in [2.24, 2.45) is 0 Å². The number of aromatic nitrogens is 2. The number of nitrogens with one attached hydrogen (secondary N) is 1. The van der Waals surface area contributed by atoms with Gasteiger partial charge >= 0.3 is 0 Å². The summed E-state index contributed by atoms with van der Waals surface area (Å²) < 4.78 is 18.3. The summed E-state index contributed by atoms with van der Waals surface area (Å²) >= 11 is 0. The molecule has 0 saturated heterocycles. The molecule has 5 heteroatoms. The van der Waals surface area contributed by atoms with Crippen LogP contribution in [-0.2, 0) is 0 Å². The lowest BCUT2D eigenvalue weighted by Crippen LogP contribution is -2.29. The highest BCUT2D eigenvalue weighted by Crippen LogP contribution is 2.32. The third kappa shape index (κ3) is 2.72. The van der Waals surface area contributed by atoms with Gasteiger partial charge in [0.2, 0.25) is 11.7 Å². The van der Waals surface area contributed by atoms with Gasteiger partial charge in [-0.15, -0.1) is 0 Å².